The van der Waals surface area contributed by atoms with Crippen LogP contribution in [0, 0.1) is 0 Å². The van der Waals surface area contributed by atoms with E-state index in [1.165, 1.54) is 0 Å². The zero-order valence-electron chi connectivity index (χ0n) is 11.0. The van der Waals surface area contributed by atoms with Crippen LogP contribution in [0.3, 0.4) is 0 Å². The highest BCUT2D eigenvalue weighted by Gasteiger charge is 2.10. The Hall–Kier alpha value is -1.62. The largest absolute Gasteiger partial charge is 0.385 e. The second kappa shape index (κ2) is 8.47. The van der Waals surface area contributed by atoms with Gasteiger partial charge in [0.1, 0.15) is 0 Å². The van der Waals surface area contributed by atoms with E-state index >= 15 is 0 Å². The van der Waals surface area contributed by atoms with E-state index in [4.69, 9.17) is 4.74 Å². The average Bonchev–Trinajstić information content (AvgIpc) is 2.41. The molecule has 0 aliphatic rings. The van der Waals surface area contributed by atoms with Crippen LogP contribution < -0.4 is 10.6 Å². The third-order valence-electron chi connectivity index (χ3n) is 2.44. The Bertz CT molecular complexity index is 369. The molecule has 0 aromatic carbocycles. The van der Waals surface area contributed by atoms with Gasteiger partial charge in [0, 0.05) is 39.2 Å². The van der Waals surface area contributed by atoms with Crippen LogP contribution in [0.25, 0.3) is 0 Å². The lowest BCUT2D eigenvalue weighted by molar-refractivity contribution is 0.0949. The lowest BCUT2D eigenvalue weighted by Crippen LogP contribution is -2.26. The van der Waals surface area contributed by atoms with Gasteiger partial charge >= 0.3 is 0 Å². The molecule has 0 saturated carbocycles. The summed E-state index contributed by atoms with van der Waals surface area (Å²) in [6.07, 6.45) is 5.08. The molecule has 2 N–H and O–H groups in total. The van der Waals surface area contributed by atoms with Crippen LogP contribution in [-0.2, 0) is 4.74 Å². The van der Waals surface area contributed by atoms with E-state index in [2.05, 4.69) is 22.5 Å². The SMILES string of the molecule is CCCNc1ccncc1C(=O)NCCCOC. The van der Waals surface area contributed by atoms with Gasteiger partial charge in [-0.15, -0.1) is 0 Å². The highest BCUT2D eigenvalue weighted by Crippen LogP contribution is 2.13. The van der Waals surface area contributed by atoms with Gasteiger partial charge in [-0.3, -0.25) is 9.78 Å². The minimum atomic E-state index is -0.0993. The molecule has 0 aliphatic carbocycles. The van der Waals surface area contributed by atoms with Gasteiger partial charge in [-0.05, 0) is 18.9 Å². The molecule has 0 aliphatic heterocycles. The number of nitrogens with zero attached hydrogens (tertiary/aromatic N) is 1. The van der Waals surface area contributed by atoms with Crippen molar-refractivity contribution in [1.82, 2.24) is 10.3 Å². The first-order chi connectivity index (χ1) is 8.79. The van der Waals surface area contributed by atoms with Gasteiger partial charge in [-0.25, -0.2) is 0 Å². The highest BCUT2D eigenvalue weighted by atomic mass is 16.5. The van der Waals surface area contributed by atoms with Gasteiger partial charge in [0.25, 0.3) is 5.91 Å². The van der Waals surface area contributed by atoms with Crippen molar-refractivity contribution in [1.29, 1.82) is 0 Å². The number of ether oxygens (including phenoxy) is 1. The number of hydrogen-bond acceptors (Lipinski definition) is 4. The van der Waals surface area contributed by atoms with Crippen LogP contribution in [0.5, 0.6) is 0 Å². The summed E-state index contributed by atoms with van der Waals surface area (Å²) in [7, 11) is 1.65. The van der Waals surface area contributed by atoms with Crippen molar-refractivity contribution in [3.05, 3.63) is 24.0 Å². The maximum absolute atomic E-state index is 12.0. The van der Waals surface area contributed by atoms with Crippen molar-refractivity contribution in [2.45, 2.75) is 19.8 Å². The van der Waals surface area contributed by atoms with E-state index in [0.29, 0.717) is 18.7 Å². The van der Waals surface area contributed by atoms with Gasteiger partial charge in [0.05, 0.1) is 11.3 Å². The average molecular weight is 251 g/mol. The molecule has 100 valence electrons. The van der Waals surface area contributed by atoms with Crippen molar-refractivity contribution in [2.75, 3.05) is 32.1 Å². The Labute approximate surface area is 108 Å². The molecule has 0 atom stereocenters. The Balaban J connectivity index is 2.55. The fraction of sp³-hybridized carbons (Fsp3) is 0.538. The molecule has 1 aromatic heterocycles. The summed E-state index contributed by atoms with van der Waals surface area (Å²) in [5, 5.41) is 6.07. The zero-order chi connectivity index (χ0) is 13.2. The Morgan fingerprint density at radius 3 is 3.00 bits per heavy atom. The fourth-order valence-electron chi connectivity index (χ4n) is 1.50. The molecule has 0 fully saturated rings. The number of carbonyl (C=O) groups excluding carboxylic acids is 1. The van der Waals surface area contributed by atoms with E-state index in [9.17, 15) is 4.79 Å². The number of amides is 1. The summed E-state index contributed by atoms with van der Waals surface area (Å²) in [5.41, 5.74) is 1.42. The van der Waals surface area contributed by atoms with E-state index in [-0.39, 0.29) is 5.91 Å². The molecule has 1 aromatic rings. The van der Waals surface area contributed by atoms with E-state index in [0.717, 1.165) is 25.1 Å². The zero-order valence-corrected chi connectivity index (χ0v) is 11.0. The molecular weight excluding hydrogens is 230 g/mol. The van der Waals surface area contributed by atoms with E-state index in [1.54, 1.807) is 19.5 Å². The summed E-state index contributed by atoms with van der Waals surface area (Å²) >= 11 is 0. The quantitative estimate of drug-likeness (QED) is 0.690. The maximum Gasteiger partial charge on any atom is 0.254 e. The number of carbonyl (C=O) groups is 1. The first kappa shape index (κ1) is 14.4. The Morgan fingerprint density at radius 1 is 1.44 bits per heavy atom. The molecule has 0 spiro atoms. The third kappa shape index (κ3) is 4.71. The third-order valence-corrected chi connectivity index (χ3v) is 2.44. The van der Waals surface area contributed by atoms with Crippen LogP contribution in [0.15, 0.2) is 18.5 Å². The Kier molecular flexibility index (Phi) is 6.79. The molecular formula is C13H21N3O2. The number of hydrogen-bond donors (Lipinski definition) is 2. The number of aromatic nitrogens is 1. The van der Waals surface area contributed by atoms with Crippen molar-refractivity contribution in [3.8, 4) is 0 Å². The Morgan fingerprint density at radius 2 is 2.28 bits per heavy atom. The van der Waals surface area contributed by atoms with Crippen molar-refractivity contribution < 1.29 is 9.53 Å². The number of pyridine rings is 1. The molecule has 1 heterocycles. The van der Waals surface area contributed by atoms with Crippen molar-refractivity contribution >= 4 is 11.6 Å². The molecule has 18 heavy (non-hydrogen) atoms. The van der Waals surface area contributed by atoms with Crippen LogP contribution in [0.2, 0.25) is 0 Å². The molecule has 0 unspecified atom stereocenters. The van der Waals surface area contributed by atoms with Gasteiger partial charge < -0.3 is 15.4 Å². The molecule has 5 heteroatoms. The van der Waals surface area contributed by atoms with E-state index < -0.39 is 0 Å². The van der Waals surface area contributed by atoms with Crippen LogP contribution in [-0.4, -0.2) is 37.7 Å². The lowest BCUT2D eigenvalue weighted by atomic mass is 10.2. The predicted octanol–water partition coefficient (Wildman–Crippen LogP) is 1.67. The molecule has 0 radical (unpaired) electrons. The van der Waals surface area contributed by atoms with Crippen LogP contribution in [0.4, 0.5) is 5.69 Å². The summed E-state index contributed by atoms with van der Waals surface area (Å²) in [6.45, 7) is 4.18. The standard InChI is InChI=1S/C13H21N3O2/c1-3-6-15-12-5-8-14-10-11(12)13(17)16-7-4-9-18-2/h5,8,10H,3-4,6-7,9H2,1-2H3,(H,14,15)(H,16,17). The predicted molar refractivity (Wildman–Crippen MR) is 71.8 cm³/mol. The smallest absolute Gasteiger partial charge is 0.254 e. The van der Waals surface area contributed by atoms with Crippen molar-refractivity contribution in [3.63, 3.8) is 0 Å². The number of nitrogens with one attached hydrogen (secondary N) is 2. The van der Waals surface area contributed by atoms with Crippen molar-refractivity contribution in [2.24, 2.45) is 0 Å². The molecule has 0 bridgehead atoms. The topological polar surface area (TPSA) is 63.2 Å². The second-order valence-electron chi connectivity index (χ2n) is 3.95. The first-order valence-corrected chi connectivity index (χ1v) is 6.24. The summed E-state index contributed by atoms with van der Waals surface area (Å²) in [6, 6.07) is 1.82. The normalized spacial score (nSPS) is 10.1. The second-order valence-corrected chi connectivity index (χ2v) is 3.95. The summed E-state index contributed by atoms with van der Waals surface area (Å²) in [5.74, 6) is -0.0993. The van der Waals surface area contributed by atoms with Gasteiger partial charge in [0.2, 0.25) is 0 Å². The minimum Gasteiger partial charge on any atom is -0.385 e. The summed E-state index contributed by atoms with van der Waals surface area (Å²) in [4.78, 5) is 16.0. The van der Waals surface area contributed by atoms with Crippen LogP contribution in [0.1, 0.15) is 30.1 Å². The summed E-state index contributed by atoms with van der Waals surface area (Å²) < 4.78 is 4.93. The molecule has 0 saturated heterocycles. The van der Waals surface area contributed by atoms with E-state index in [1.807, 2.05) is 6.07 Å². The molecule has 1 amide bonds. The minimum absolute atomic E-state index is 0.0993. The van der Waals surface area contributed by atoms with Gasteiger partial charge in [0.15, 0.2) is 0 Å². The highest BCUT2D eigenvalue weighted by molar-refractivity contribution is 5.99. The lowest BCUT2D eigenvalue weighted by Gasteiger charge is -2.10. The number of anilines is 1. The van der Waals surface area contributed by atoms with Gasteiger partial charge in [-0.2, -0.15) is 0 Å². The molecule has 1 rings (SSSR count). The first-order valence-electron chi connectivity index (χ1n) is 6.24. The molecule has 5 nitrogen and oxygen atoms in total. The number of rotatable bonds is 8. The number of methoxy groups -OCH3 is 1. The maximum atomic E-state index is 12.0. The van der Waals surface area contributed by atoms with Crippen LogP contribution >= 0.6 is 0 Å². The monoisotopic (exact) mass is 251 g/mol. The van der Waals surface area contributed by atoms with Gasteiger partial charge in [-0.1, -0.05) is 6.92 Å². The fourth-order valence-corrected chi connectivity index (χ4v) is 1.50.